The van der Waals surface area contributed by atoms with Gasteiger partial charge >= 0.3 is 7.12 Å². The normalized spacial score (nSPS) is 24.3. The third-order valence-electron chi connectivity index (χ3n) is 5.83. The first-order valence-corrected chi connectivity index (χ1v) is 12.2. The zero-order valence-corrected chi connectivity index (χ0v) is 18.3. The van der Waals surface area contributed by atoms with Crippen LogP contribution in [0.4, 0.5) is 0 Å². The molecule has 1 aromatic rings. The Balaban J connectivity index is 1.84. The fourth-order valence-electron chi connectivity index (χ4n) is 4.47. The highest BCUT2D eigenvalue weighted by molar-refractivity contribution is 7.92. The first-order valence-electron chi connectivity index (χ1n) is 10.5. The highest BCUT2D eigenvalue weighted by Gasteiger charge is 2.48. The molecule has 0 spiro atoms. The molecule has 2 N–H and O–H groups in total. The van der Waals surface area contributed by atoms with Crippen LogP contribution in [0, 0.1) is 5.92 Å². The number of allylic oxidation sites excluding steroid dienone is 1. The average molecular weight is 418 g/mol. The smallest absolute Gasteiger partial charge is 0.456 e. The number of fused-ring (bicyclic) bond motifs is 1. The zero-order valence-electron chi connectivity index (χ0n) is 17.5. The Morgan fingerprint density at radius 3 is 2.76 bits per heavy atom. The number of phenols is 1. The summed E-state index contributed by atoms with van der Waals surface area (Å²) in [5, 5.41) is 19.3. The Labute approximate surface area is 174 Å². The van der Waals surface area contributed by atoms with Gasteiger partial charge in [-0.15, -0.1) is 0 Å². The highest BCUT2D eigenvalue weighted by Crippen LogP contribution is 2.41. The fraction of sp³-hybridized carbons (Fsp3) is 0.545. The maximum Gasteiger partial charge on any atom is 0.456 e. The highest BCUT2D eigenvalue weighted by atomic mass is 32.2. The third-order valence-corrected chi connectivity index (χ3v) is 7.86. The van der Waals surface area contributed by atoms with Gasteiger partial charge in [0.25, 0.3) is 0 Å². The zero-order chi connectivity index (χ0) is 21.2. The first kappa shape index (κ1) is 22.1. The maximum atomic E-state index is 12.7. The standard InChI is InChI=1S/C22H31BO5S/c1-4-6-16(11-17-7-5-8-18(24)12-17)9-10-20-22-19(15(2)3)14-29(26,27)21(22)13-23(25)28-20/h5,7-8,11-12,15,20-21,24-25H,4,6,9-10,13-14H2,1-3H3/b16-11+/t20-,21+/m1/s1. The lowest BCUT2D eigenvalue weighted by Crippen LogP contribution is -2.42. The summed E-state index contributed by atoms with van der Waals surface area (Å²) < 4.78 is 31.2. The molecule has 0 aliphatic carbocycles. The Bertz CT molecular complexity index is 904. The summed E-state index contributed by atoms with van der Waals surface area (Å²) in [5.41, 5.74) is 4.02. The van der Waals surface area contributed by atoms with E-state index in [1.54, 1.807) is 12.1 Å². The van der Waals surface area contributed by atoms with Crippen molar-refractivity contribution in [2.45, 2.75) is 64.1 Å². The lowest BCUT2D eigenvalue weighted by atomic mass is 9.73. The van der Waals surface area contributed by atoms with Crippen LogP contribution < -0.4 is 0 Å². The number of hydrogen-bond acceptors (Lipinski definition) is 5. The van der Waals surface area contributed by atoms with E-state index in [1.807, 2.05) is 26.0 Å². The Kier molecular flexibility index (Phi) is 6.92. The second-order valence-corrected chi connectivity index (χ2v) is 10.6. The van der Waals surface area contributed by atoms with Crippen molar-refractivity contribution in [2.24, 2.45) is 5.92 Å². The molecule has 0 saturated carbocycles. The van der Waals surface area contributed by atoms with Gasteiger partial charge in [-0.05, 0) is 54.0 Å². The van der Waals surface area contributed by atoms with E-state index in [4.69, 9.17) is 4.65 Å². The first-order chi connectivity index (χ1) is 13.7. The summed E-state index contributed by atoms with van der Waals surface area (Å²) in [6, 6.07) is 7.15. The third kappa shape index (κ3) is 5.14. The molecular formula is C22H31BO5S. The second kappa shape index (κ2) is 9.06. The van der Waals surface area contributed by atoms with Crippen molar-refractivity contribution in [3.63, 3.8) is 0 Å². The molecule has 1 aromatic carbocycles. The molecule has 0 unspecified atom stereocenters. The van der Waals surface area contributed by atoms with Crippen molar-refractivity contribution in [1.82, 2.24) is 0 Å². The minimum absolute atomic E-state index is 0.0815. The predicted molar refractivity (Wildman–Crippen MR) is 117 cm³/mol. The van der Waals surface area contributed by atoms with Gasteiger partial charge in [0, 0.05) is 6.32 Å². The minimum atomic E-state index is -3.27. The molecule has 1 saturated heterocycles. The van der Waals surface area contributed by atoms with Gasteiger partial charge in [0.2, 0.25) is 0 Å². The molecule has 158 valence electrons. The quantitative estimate of drug-likeness (QED) is 0.517. The van der Waals surface area contributed by atoms with E-state index in [0.29, 0.717) is 6.42 Å². The molecule has 7 heteroatoms. The molecule has 5 nitrogen and oxygen atoms in total. The van der Waals surface area contributed by atoms with Crippen molar-refractivity contribution >= 4 is 23.0 Å². The van der Waals surface area contributed by atoms with Gasteiger partial charge in [-0.25, -0.2) is 8.42 Å². The largest absolute Gasteiger partial charge is 0.508 e. The fourth-order valence-corrected chi connectivity index (χ4v) is 6.75. The number of benzene rings is 1. The van der Waals surface area contributed by atoms with Gasteiger partial charge in [-0.3, -0.25) is 0 Å². The summed E-state index contributed by atoms with van der Waals surface area (Å²) in [6.07, 6.45) is 5.15. The Hall–Kier alpha value is -1.57. The van der Waals surface area contributed by atoms with Gasteiger partial charge in [0.15, 0.2) is 9.84 Å². The SMILES string of the molecule is CCC/C(=C\c1cccc(O)c1)CC[C@H]1OB(O)C[C@H]2C1=C(C(C)C)CS2(=O)=O. The van der Waals surface area contributed by atoms with E-state index in [0.717, 1.165) is 36.0 Å². The van der Waals surface area contributed by atoms with Crippen LogP contribution in [0.5, 0.6) is 5.75 Å². The van der Waals surface area contributed by atoms with E-state index in [1.165, 1.54) is 5.57 Å². The van der Waals surface area contributed by atoms with Crippen LogP contribution in [0.3, 0.4) is 0 Å². The van der Waals surface area contributed by atoms with Crippen molar-refractivity contribution in [3.8, 4) is 5.75 Å². The summed E-state index contributed by atoms with van der Waals surface area (Å²) in [5.74, 6) is 0.459. The molecule has 2 aliphatic rings. The van der Waals surface area contributed by atoms with Crippen molar-refractivity contribution in [1.29, 1.82) is 0 Å². The van der Waals surface area contributed by atoms with Crippen LogP contribution >= 0.6 is 0 Å². The van der Waals surface area contributed by atoms with Crippen molar-refractivity contribution in [2.75, 3.05) is 5.75 Å². The van der Waals surface area contributed by atoms with E-state index >= 15 is 0 Å². The van der Waals surface area contributed by atoms with E-state index < -0.39 is 22.2 Å². The molecule has 0 aromatic heterocycles. The molecule has 29 heavy (non-hydrogen) atoms. The number of sulfone groups is 1. The van der Waals surface area contributed by atoms with Crippen molar-refractivity contribution < 1.29 is 23.2 Å². The van der Waals surface area contributed by atoms with Crippen LogP contribution in [-0.2, 0) is 14.5 Å². The number of aromatic hydroxyl groups is 1. The van der Waals surface area contributed by atoms with E-state index in [-0.39, 0.29) is 29.8 Å². The summed E-state index contributed by atoms with van der Waals surface area (Å²) in [6.45, 7) is 6.16. The minimum Gasteiger partial charge on any atom is -0.508 e. The Morgan fingerprint density at radius 2 is 2.10 bits per heavy atom. The molecule has 0 radical (unpaired) electrons. The monoisotopic (exact) mass is 418 g/mol. The second-order valence-electron chi connectivity index (χ2n) is 8.43. The summed E-state index contributed by atoms with van der Waals surface area (Å²) in [4.78, 5) is 0. The van der Waals surface area contributed by atoms with Gasteiger partial charge in [-0.2, -0.15) is 0 Å². The number of phenolic OH excluding ortho intramolecular Hbond substituents is 1. The van der Waals surface area contributed by atoms with Gasteiger partial charge in [0.1, 0.15) is 5.75 Å². The summed E-state index contributed by atoms with van der Waals surface area (Å²) in [7, 11) is -4.31. The summed E-state index contributed by atoms with van der Waals surface area (Å²) >= 11 is 0. The van der Waals surface area contributed by atoms with Crippen LogP contribution in [-0.4, -0.2) is 42.8 Å². The molecule has 0 amide bonds. The van der Waals surface area contributed by atoms with Crippen LogP contribution in [0.25, 0.3) is 6.08 Å². The van der Waals surface area contributed by atoms with Crippen molar-refractivity contribution in [3.05, 3.63) is 46.5 Å². The average Bonchev–Trinajstić information content (AvgIpc) is 2.91. The van der Waals surface area contributed by atoms with Crippen LogP contribution in [0.1, 0.15) is 52.0 Å². The van der Waals surface area contributed by atoms with Crippen LogP contribution in [0.2, 0.25) is 6.32 Å². The molecule has 3 rings (SSSR count). The van der Waals surface area contributed by atoms with Gasteiger partial charge in [-0.1, -0.05) is 51.0 Å². The maximum absolute atomic E-state index is 12.7. The van der Waals surface area contributed by atoms with Gasteiger partial charge in [0.05, 0.1) is 17.1 Å². The molecule has 0 bridgehead atoms. The van der Waals surface area contributed by atoms with Crippen LogP contribution in [0.15, 0.2) is 41.0 Å². The van der Waals surface area contributed by atoms with E-state index in [9.17, 15) is 18.5 Å². The Morgan fingerprint density at radius 1 is 1.34 bits per heavy atom. The lowest BCUT2D eigenvalue weighted by molar-refractivity contribution is 0.169. The van der Waals surface area contributed by atoms with E-state index in [2.05, 4.69) is 13.0 Å². The molecule has 1 fully saturated rings. The number of hydrogen-bond donors (Lipinski definition) is 2. The predicted octanol–water partition coefficient (Wildman–Crippen LogP) is 3.98. The number of rotatable bonds is 7. The molecule has 2 heterocycles. The topological polar surface area (TPSA) is 83.8 Å². The lowest BCUT2D eigenvalue weighted by Gasteiger charge is -2.32. The molecule has 2 atom stereocenters. The molecule has 2 aliphatic heterocycles. The molecular weight excluding hydrogens is 387 g/mol. The van der Waals surface area contributed by atoms with Gasteiger partial charge < -0.3 is 14.8 Å².